The lowest BCUT2D eigenvalue weighted by molar-refractivity contribution is -0.137. The molecule has 0 spiro atoms. The number of halogens is 3. The van der Waals surface area contributed by atoms with Crippen LogP contribution in [0.3, 0.4) is 0 Å². The predicted molar refractivity (Wildman–Crippen MR) is 84.4 cm³/mol. The average molecular weight is 336 g/mol. The monoisotopic (exact) mass is 336 g/mol. The summed E-state index contributed by atoms with van der Waals surface area (Å²) in [6.45, 7) is 0. The van der Waals surface area contributed by atoms with Gasteiger partial charge in [-0.1, -0.05) is 24.3 Å². The quantitative estimate of drug-likeness (QED) is 0.590. The molecule has 24 heavy (non-hydrogen) atoms. The van der Waals surface area contributed by atoms with E-state index < -0.39 is 17.5 Å². The first-order chi connectivity index (χ1) is 11.4. The van der Waals surface area contributed by atoms with Gasteiger partial charge >= 0.3 is 6.18 Å². The maximum atomic E-state index is 12.7. The van der Waals surface area contributed by atoms with Crippen LogP contribution in [0.2, 0.25) is 0 Å². The maximum absolute atomic E-state index is 12.7. The van der Waals surface area contributed by atoms with Crippen molar-refractivity contribution in [2.45, 2.75) is 6.18 Å². The number of benzene rings is 2. The van der Waals surface area contributed by atoms with Gasteiger partial charge in [-0.05, 0) is 30.4 Å². The molecule has 0 N–H and O–H groups in total. The van der Waals surface area contributed by atoms with Crippen molar-refractivity contribution in [2.24, 2.45) is 0 Å². The Hall–Kier alpha value is -2.76. The summed E-state index contributed by atoms with van der Waals surface area (Å²) in [7, 11) is 2.95. The third-order valence-corrected chi connectivity index (χ3v) is 3.32. The molecule has 0 bridgehead atoms. The number of ketones is 1. The molecule has 6 heteroatoms. The van der Waals surface area contributed by atoms with Crippen LogP contribution >= 0.6 is 0 Å². The van der Waals surface area contributed by atoms with E-state index in [-0.39, 0.29) is 5.56 Å². The molecule has 0 aliphatic carbocycles. The van der Waals surface area contributed by atoms with E-state index in [0.717, 1.165) is 12.1 Å². The van der Waals surface area contributed by atoms with Gasteiger partial charge in [0.1, 0.15) is 0 Å². The van der Waals surface area contributed by atoms with Crippen molar-refractivity contribution < 1.29 is 27.4 Å². The highest BCUT2D eigenvalue weighted by Gasteiger charge is 2.30. The van der Waals surface area contributed by atoms with Crippen LogP contribution in [0.5, 0.6) is 11.5 Å². The maximum Gasteiger partial charge on any atom is 0.416 e. The van der Waals surface area contributed by atoms with Crippen molar-refractivity contribution >= 4 is 11.9 Å². The molecule has 2 rings (SSSR count). The Morgan fingerprint density at radius 1 is 1.04 bits per heavy atom. The Morgan fingerprint density at radius 3 is 2.38 bits per heavy atom. The number of hydrogen-bond acceptors (Lipinski definition) is 3. The number of methoxy groups -OCH3 is 2. The minimum Gasteiger partial charge on any atom is -0.493 e. The zero-order chi connectivity index (χ0) is 17.7. The van der Waals surface area contributed by atoms with E-state index in [9.17, 15) is 18.0 Å². The highest BCUT2D eigenvalue weighted by molar-refractivity contribution is 6.07. The lowest BCUT2D eigenvalue weighted by Crippen LogP contribution is -2.06. The van der Waals surface area contributed by atoms with Crippen LogP contribution in [-0.2, 0) is 6.18 Å². The van der Waals surface area contributed by atoms with E-state index in [1.165, 1.54) is 38.5 Å². The number of alkyl halides is 3. The van der Waals surface area contributed by atoms with E-state index in [2.05, 4.69) is 0 Å². The smallest absolute Gasteiger partial charge is 0.416 e. The van der Waals surface area contributed by atoms with Gasteiger partial charge in [0.15, 0.2) is 17.3 Å². The number of para-hydroxylation sites is 1. The second-order valence-corrected chi connectivity index (χ2v) is 4.86. The Bertz CT molecular complexity index is 764. The van der Waals surface area contributed by atoms with E-state index >= 15 is 0 Å². The average Bonchev–Trinajstić information content (AvgIpc) is 2.58. The van der Waals surface area contributed by atoms with Gasteiger partial charge < -0.3 is 9.47 Å². The molecule has 0 aromatic heterocycles. The molecule has 0 unspecified atom stereocenters. The third kappa shape index (κ3) is 3.95. The minimum atomic E-state index is -4.49. The molecule has 0 saturated heterocycles. The zero-order valence-corrected chi connectivity index (χ0v) is 13.1. The summed E-state index contributed by atoms with van der Waals surface area (Å²) in [6, 6.07) is 9.42. The Labute approximate surface area is 137 Å². The first-order valence-corrected chi connectivity index (χ1v) is 6.97. The molecular formula is C18H15F3O3. The van der Waals surface area contributed by atoms with Crippen molar-refractivity contribution in [1.82, 2.24) is 0 Å². The molecule has 0 atom stereocenters. The second-order valence-electron chi connectivity index (χ2n) is 4.86. The van der Waals surface area contributed by atoms with Crippen molar-refractivity contribution in [3.63, 3.8) is 0 Å². The number of rotatable bonds is 5. The van der Waals surface area contributed by atoms with Crippen molar-refractivity contribution in [2.75, 3.05) is 14.2 Å². The standard InChI is InChI=1S/C18H15F3O3/c1-23-16-8-4-5-12(17(16)24-2)9-10-15(22)13-6-3-7-14(11-13)18(19,20)21/h3-11H,1-2H3/b10-9+. The van der Waals surface area contributed by atoms with Gasteiger partial charge in [-0.3, -0.25) is 4.79 Å². The Kier molecular flexibility index (Phi) is 5.28. The highest BCUT2D eigenvalue weighted by atomic mass is 19.4. The fourth-order valence-corrected chi connectivity index (χ4v) is 2.15. The summed E-state index contributed by atoms with van der Waals surface area (Å²) >= 11 is 0. The van der Waals surface area contributed by atoms with Crippen LogP contribution in [0.15, 0.2) is 48.5 Å². The molecular weight excluding hydrogens is 321 g/mol. The normalized spacial score (nSPS) is 11.5. The number of hydrogen-bond donors (Lipinski definition) is 0. The van der Waals surface area contributed by atoms with Crippen molar-refractivity contribution in [3.05, 3.63) is 65.2 Å². The summed E-state index contributed by atoms with van der Waals surface area (Å²) in [4.78, 5) is 12.1. The SMILES string of the molecule is COc1cccc(/C=C/C(=O)c2cccc(C(F)(F)F)c2)c1OC. The molecule has 0 radical (unpaired) electrons. The highest BCUT2D eigenvalue weighted by Crippen LogP contribution is 2.32. The van der Waals surface area contributed by atoms with Crippen molar-refractivity contribution in [1.29, 1.82) is 0 Å². The van der Waals surface area contributed by atoms with Crippen LogP contribution in [0.1, 0.15) is 21.5 Å². The van der Waals surface area contributed by atoms with Crippen LogP contribution in [0, 0.1) is 0 Å². The molecule has 0 heterocycles. The van der Waals surface area contributed by atoms with E-state index in [1.54, 1.807) is 18.2 Å². The van der Waals surface area contributed by atoms with Crippen molar-refractivity contribution in [3.8, 4) is 11.5 Å². The number of allylic oxidation sites excluding steroid dienone is 1. The van der Waals surface area contributed by atoms with Crippen LogP contribution in [0.4, 0.5) is 13.2 Å². The molecule has 126 valence electrons. The molecule has 2 aromatic carbocycles. The zero-order valence-electron chi connectivity index (χ0n) is 13.1. The molecule has 0 saturated carbocycles. The number of ether oxygens (including phenoxy) is 2. The van der Waals surface area contributed by atoms with Crippen LogP contribution < -0.4 is 9.47 Å². The molecule has 3 nitrogen and oxygen atoms in total. The summed E-state index contributed by atoms with van der Waals surface area (Å²) < 4.78 is 48.5. The Balaban J connectivity index is 2.29. The molecule has 0 aliphatic rings. The minimum absolute atomic E-state index is 0.0389. The van der Waals surface area contributed by atoms with Gasteiger partial charge in [0.25, 0.3) is 0 Å². The number of carbonyl (C=O) groups is 1. The first kappa shape index (κ1) is 17.6. The summed E-state index contributed by atoms with van der Waals surface area (Å²) in [5.74, 6) is 0.394. The van der Waals surface area contributed by atoms with Crippen LogP contribution in [0.25, 0.3) is 6.08 Å². The fraction of sp³-hybridized carbons (Fsp3) is 0.167. The third-order valence-electron chi connectivity index (χ3n) is 3.32. The van der Waals surface area contributed by atoms with Gasteiger partial charge in [0.2, 0.25) is 0 Å². The molecule has 0 aliphatic heterocycles. The topological polar surface area (TPSA) is 35.5 Å². The summed E-state index contributed by atoms with van der Waals surface area (Å²) in [6.07, 6.45) is -1.81. The van der Waals surface area contributed by atoms with Gasteiger partial charge in [-0.2, -0.15) is 13.2 Å². The van der Waals surface area contributed by atoms with E-state index in [1.807, 2.05) is 0 Å². The molecule has 0 fully saturated rings. The lowest BCUT2D eigenvalue weighted by Gasteiger charge is -2.10. The summed E-state index contributed by atoms with van der Waals surface area (Å²) in [5.41, 5.74) is -0.319. The molecule has 0 amide bonds. The largest absolute Gasteiger partial charge is 0.493 e. The van der Waals surface area contributed by atoms with Gasteiger partial charge in [0.05, 0.1) is 19.8 Å². The second kappa shape index (κ2) is 7.21. The predicted octanol–water partition coefficient (Wildman–Crippen LogP) is 4.62. The summed E-state index contributed by atoms with van der Waals surface area (Å²) in [5, 5.41) is 0. The van der Waals surface area contributed by atoms with E-state index in [0.29, 0.717) is 17.1 Å². The van der Waals surface area contributed by atoms with E-state index in [4.69, 9.17) is 9.47 Å². The lowest BCUT2D eigenvalue weighted by atomic mass is 10.1. The van der Waals surface area contributed by atoms with Crippen LogP contribution in [-0.4, -0.2) is 20.0 Å². The fourth-order valence-electron chi connectivity index (χ4n) is 2.15. The first-order valence-electron chi connectivity index (χ1n) is 6.97. The molecule has 2 aromatic rings. The van der Waals surface area contributed by atoms with Gasteiger partial charge in [0, 0.05) is 11.1 Å². The number of carbonyl (C=O) groups excluding carboxylic acids is 1. The van der Waals surface area contributed by atoms with Gasteiger partial charge in [-0.15, -0.1) is 0 Å². The Morgan fingerprint density at radius 2 is 1.75 bits per heavy atom. The van der Waals surface area contributed by atoms with Gasteiger partial charge in [-0.25, -0.2) is 0 Å².